The predicted molar refractivity (Wildman–Crippen MR) is 95.2 cm³/mol. The van der Waals surface area contributed by atoms with Gasteiger partial charge in [-0.3, -0.25) is 0 Å². The molecule has 21 heavy (non-hydrogen) atoms. The van der Waals surface area contributed by atoms with E-state index in [1.165, 1.54) is 38.5 Å². The average Bonchev–Trinajstić information content (AvgIpc) is 2.73. The first kappa shape index (κ1) is 17.1. The zero-order valence-corrected chi connectivity index (χ0v) is 15.0. The van der Waals surface area contributed by atoms with E-state index in [1.807, 2.05) is 19.1 Å². The molecule has 1 fully saturated rings. The van der Waals surface area contributed by atoms with Gasteiger partial charge in [0.05, 0.1) is 12.1 Å². The second kappa shape index (κ2) is 7.80. The highest BCUT2D eigenvalue weighted by atomic mass is 35.5. The van der Waals surface area contributed by atoms with E-state index in [0.717, 1.165) is 10.4 Å². The topological polar surface area (TPSA) is 9.23 Å². The normalized spacial score (nSPS) is 18.1. The standard InChI is InChI=1S/C17H22Cl2OS/c1-11(21)15(12-7-5-3-4-6-8-12)13-9-10-14(20-2)17(19)16(13)18/h9-10,12,15H,3-8H2,1-2H3. The van der Waals surface area contributed by atoms with Gasteiger partial charge in [0.2, 0.25) is 0 Å². The SMILES string of the molecule is COc1ccc(C(C(C)=S)C2CCCCCC2)c(Cl)c1Cl. The molecule has 1 saturated carbocycles. The molecule has 0 radical (unpaired) electrons. The molecule has 1 atom stereocenters. The summed E-state index contributed by atoms with van der Waals surface area (Å²) in [5.41, 5.74) is 1.06. The summed E-state index contributed by atoms with van der Waals surface area (Å²) in [5, 5.41) is 1.08. The summed E-state index contributed by atoms with van der Waals surface area (Å²) in [6, 6.07) is 3.92. The van der Waals surface area contributed by atoms with Gasteiger partial charge in [-0.05, 0) is 42.2 Å². The number of ether oxygens (including phenoxy) is 1. The lowest BCUT2D eigenvalue weighted by atomic mass is 9.79. The fourth-order valence-corrected chi connectivity index (χ4v) is 4.24. The van der Waals surface area contributed by atoms with E-state index >= 15 is 0 Å². The minimum Gasteiger partial charge on any atom is -0.495 e. The summed E-state index contributed by atoms with van der Waals surface area (Å²) in [7, 11) is 1.60. The Balaban J connectivity index is 2.38. The maximum absolute atomic E-state index is 6.50. The molecule has 116 valence electrons. The van der Waals surface area contributed by atoms with Crippen LogP contribution in [0.1, 0.15) is 56.9 Å². The number of halogens is 2. The Labute approximate surface area is 143 Å². The second-order valence-electron chi connectivity index (χ2n) is 5.82. The van der Waals surface area contributed by atoms with E-state index in [-0.39, 0.29) is 5.92 Å². The Bertz CT molecular complexity index is 508. The van der Waals surface area contributed by atoms with Crippen molar-refractivity contribution in [2.75, 3.05) is 7.11 Å². The van der Waals surface area contributed by atoms with Crippen LogP contribution in [0.2, 0.25) is 10.0 Å². The monoisotopic (exact) mass is 344 g/mol. The van der Waals surface area contributed by atoms with E-state index in [1.54, 1.807) is 7.11 Å². The van der Waals surface area contributed by atoms with Gasteiger partial charge in [0.15, 0.2) is 0 Å². The van der Waals surface area contributed by atoms with Crippen molar-refractivity contribution in [3.05, 3.63) is 27.7 Å². The summed E-state index contributed by atoms with van der Waals surface area (Å²) in [5.74, 6) is 1.41. The smallest absolute Gasteiger partial charge is 0.138 e. The molecule has 1 aromatic rings. The Morgan fingerprint density at radius 3 is 2.29 bits per heavy atom. The number of thiocarbonyl (C=S) groups is 1. The summed E-state index contributed by atoms with van der Waals surface area (Å²) in [4.78, 5) is 1.00. The highest BCUT2D eigenvalue weighted by molar-refractivity contribution is 7.80. The second-order valence-corrected chi connectivity index (χ2v) is 7.22. The summed E-state index contributed by atoms with van der Waals surface area (Å²) < 4.78 is 5.24. The molecule has 0 bridgehead atoms. The summed E-state index contributed by atoms with van der Waals surface area (Å²) in [6.45, 7) is 2.03. The van der Waals surface area contributed by atoms with Gasteiger partial charge < -0.3 is 4.74 Å². The third-order valence-corrected chi connectivity index (χ3v) is 5.57. The molecular formula is C17H22Cl2OS. The fraction of sp³-hybridized carbons (Fsp3) is 0.588. The Hall–Kier alpha value is -0.310. The molecule has 4 heteroatoms. The molecular weight excluding hydrogens is 323 g/mol. The zero-order valence-electron chi connectivity index (χ0n) is 12.6. The average molecular weight is 345 g/mol. The van der Waals surface area contributed by atoms with Crippen molar-refractivity contribution in [2.24, 2.45) is 5.92 Å². The molecule has 1 nitrogen and oxygen atoms in total. The van der Waals surface area contributed by atoms with Crippen molar-refractivity contribution >= 4 is 40.3 Å². The third kappa shape index (κ3) is 3.91. The minimum atomic E-state index is 0.217. The number of rotatable bonds is 4. The number of benzene rings is 1. The molecule has 1 aliphatic carbocycles. The number of hydrogen-bond donors (Lipinski definition) is 0. The number of hydrogen-bond acceptors (Lipinski definition) is 2. The largest absolute Gasteiger partial charge is 0.495 e. The van der Waals surface area contributed by atoms with Gasteiger partial charge in [0.1, 0.15) is 10.8 Å². The van der Waals surface area contributed by atoms with Crippen molar-refractivity contribution in [2.45, 2.75) is 51.4 Å². The highest BCUT2D eigenvalue weighted by Gasteiger charge is 2.28. The molecule has 0 amide bonds. The predicted octanol–water partition coefficient (Wildman–Crippen LogP) is 6.45. The van der Waals surface area contributed by atoms with Crippen LogP contribution < -0.4 is 4.74 Å². The zero-order chi connectivity index (χ0) is 15.4. The van der Waals surface area contributed by atoms with Gasteiger partial charge in [-0.2, -0.15) is 0 Å². The van der Waals surface area contributed by atoms with Crippen LogP contribution in [-0.2, 0) is 0 Å². The van der Waals surface area contributed by atoms with Gasteiger partial charge >= 0.3 is 0 Å². The molecule has 0 heterocycles. The molecule has 0 aromatic heterocycles. The van der Waals surface area contributed by atoms with E-state index in [4.69, 9.17) is 40.2 Å². The van der Waals surface area contributed by atoms with Gasteiger partial charge in [-0.15, -0.1) is 0 Å². The van der Waals surface area contributed by atoms with E-state index in [2.05, 4.69) is 0 Å². The lowest BCUT2D eigenvalue weighted by molar-refractivity contribution is 0.413. The molecule has 0 aliphatic heterocycles. The minimum absolute atomic E-state index is 0.217. The van der Waals surface area contributed by atoms with Crippen LogP contribution in [0.15, 0.2) is 12.1 Å². The molecule has 0 saturated heterocycles. The van der Waals surface area contributed by atoms with Gasteiger partial charge in [0.25, 0.3) is 0 Å². The summed E-state index contributed by atoms with van der Waals surface area (Å²) in [6.07, 6.45) is 7.67. The summed E-state index contributed by atoms with van der Waals surface area (Å²) >= 11 is 18.4. The first-order chi connectivity index (χ1) is 10.1. The van der Waals surface area contributed by atoms with Crippen molar-refractivity contribution in [1.29, 1.82) is 0 Å². The number of methoxy groups -OCH3 is 1. The van der Waals surface area contributed by atoms with Crippen LogP contribution in [0.5, 0.6) is 5.75 Å². The first-order valence-electron chi connectivity index (χ1n) is 7.58. The van der Waals surface area contributed by atoms with Gasteiger partial charge in [-0.1, -0.05) is 67.2 Å². The molecule has 1 aromatic carbocycles. The molecule has 1 unspecified atom stereocenters. The van der Waals surface area contributed by atoms with Crippen LogP contribution in [0.25, 0.3) is 0 Å². The maximum Gasteiger partial charge on any atom is 0.138 e. The molecule has 0 spiro atoms. The van der Waals surface area contributed by atoms with Crippen molar-refractivity contribution in [3.8, 4) is 5.75 Å². The van der Waals surface area contributed by atoms with E-state index in [9.17, 15) is 0 Å². The highest BCUT2D eigenvalue weighted by Crippen LogP contribution is 2.43. The van der Waals surface area contributed by atoms with Crippen LogP contribution in [0.3, 0.4) is 0 Å². The van der Waals surface area contributed by atoms with E-state index in [0.29, 0.717) is 21.7 Å². The molecule has 1 aliphatic rings. The van der Waals surface area contributed by atoms with Crippen molar-refractivity contribution < 1.29 is 4.74 Å². The fourth-order valence-electron chi connectivity index (χ4n) is 3.39. The lowest BCUT2D eigenvalue weighted by Crippen LogP contribution is -2.19. The third-order valence-electron chi connectivity index (χ3n) is 4.44. The molecule has 0 N–H and O–H groups in total. The van der Waals surface area contributed by atoms with Crippen LogP contribution in [0.4, 0.5) is 0 Å². The Morgan fingerprint density at radius 1 is 1.14 bits per heavy atom. The van der Waals surface area contributed by atoms with Crippen molar-refractivity contribution in [1.82, 2.24) is 0 Å². The molecule has 2 rings (SSSR count). The van der Waals surface area contributed by atoms with Crippen LogP contribution in [-0.4, -0.2) is 12.0 Å². The first-order valence-corrected chi connectivity index (χ1v) is 8.75. The van der Waals surface area contributed by atoms with E-state index < -0.39 is 0 Å². The van der Waals surface area contributed by atoms with Gasteiger partial charge in [0, 0.05) is 5.92 Å². The Morgan fingerprint density at radius 2 is 1.76 bits per heavy atom. The van der Waals surface area contributed by atoms with Crippen LogP contribution in [0, 0.1) is 5.92 Å². The van der Waals surface area contributed by atoms with Crippen LogP contribution >= 0.6 is 35.4 Å². The van der Waals surface area contributed by atoms with Gasteiger partial charge in [-0.25, -0.2) is 0 Å². The Kier molecular flexibility index (Phi) is 6.34. The maximum atomic E-state index is 6.50. The quantitative estimate of drug-likeness (QED) is 0.458. The lowest BCUT2D eigenvalue weighted by Gasteiger charge is -2.27. The van der Waals surface area contributed by atoms with Crippen molar-refractivity contribution in [3.63, 3.8) is 0 Å².